The number of nitrogens with zero attached hydrogens (tertiary/aromatic N) is 2. The van der Waals surface area contributed by atoms with Gasteiger partial charge in [-0.2, -0.15) is 5.10 Å². The van der Waals surface area contributed by atoms with Crippen LogP contribution in [0.2, 0.25) is 0 Å². The van der Waals surface area contributed by atoms with Gasteiger partial charge < -0.3 is 15.4 Å². The van der Waals surface area contributed by atoms with E-state index in [1.54, 1.807) is 0 Å². The second kappa shape index (κ2) is 7.81. The van der Waals surface area contributed by atoms with Crippen LogP contribution in [0.4, 0.5) is 10.5 Å². The van der Waals surface area contributed by atoms with Crippen LogP contribution in [0.1, 0.15) is 37.1 Å². The average molecular weight is 329 g/mol. The molecule has 1 saturated carbocycles. The molecule has 3 rings (SSSR count). The fraction of sp³-hybridized carbons (Fsp3) is 0.471. The van der Waals surface area contributed by atoms with Gasteiger partial charge in [0.25, 0.3) is 0 Å². The molecule has 0 spiro atoms. The highest BCUT2D eigenvalue weighted by Gasteiger charge is 2.18. The smallest absolute Gasteiger partial charge is 0.319 e. The summed E-state index contributed by atoms with van der Waals surface area (Å²) < 4.78 is 6.07. The minimum Gasteiger partial charge on any atom is -0.490 e. The molecule has 24 heavy (non-hydrogen) atoms. The van der Waals surface area contributed by atoms with E-state index >= 15 is 0 Å². The summed E-state index contributed by atoms with van der Waals surface area (Å²) in [5.41, 5.74) is 1.72. The summed E-state index contributed by atoms with van der Waals surface area (Å²) in [5, 5.41) is 12.2. The summed E-state index contributed by atoms with van der Waals surface area (Å²) in [6.07, 6.45) is 7.05. The molecule has 128 valence electrons. The highest BCUT2D eigenvalue weighted by Crippen LogP contribution is 2.30. The quantitative estimate of drug-likeness (QED) is 0.760. The van der Waals surface area contributed by atoms with Crippen molar-refractivity contribution >= 4 is 11.7 Å². The summed E-state index contributed by atoms with van der Waals surface area (Å²) in [6, 6.07) is 5.50. The number of H-pyrrole nitrogens is 1. The topological polar surface area (TPSA) is 91.9 Å². The number of amides is 2. The largest absolute Gasteiger partial charge is 0.490 e. The summed E-state index contributed by atoms with van der Waals surface area (Å²) in [4.78, 5) is 16.1. The fourth-order valence-corrected chi connectivity index (χ4v) is 2.88. The predicted molar refractivity (Wildman–Crippen MR) is 91.2 cm³/mol. The molecule has 1 aliphatic rings. The number of nitrogens with one attached hydrogen (secondary N) is 3. The molecule has 0 saturated heterocycles. The van der Waals surface area contributed by atoms with Crippen LogP contribution in [0.25, 0.3) is 0 Å². The zero-order chi connectivity index (χ0) is 16.8. The SMILES string of the molecule is Cc1c(NC(=O)NCCc2ncn[nH]2)cccc1OC1CCCC1. The zero-order valence-corrected chi connectivity index (χ0v) is 13.8. The van der Waals surface area contributed by atoms with Gasteiger partial charge in [0.15, 0.2) is 0 Å². The van der Waals surface area contributed by atoms with Crippen molar-refractivity contribution in [3.63, 3.8) is 0 Å². The van der Waals surface area contributed by atoms with E-state index in [2.05, 4.69) is 25.8 Å². The van der Waals surface area contributed by atoms with E-state index in [4.69, 9.17) is 4.74 Å². The van der Waals surface area contributed by atoms with Gasteiger partial charge in [0.1, 0.15) is 17.9 Å². The van der Waals surface area contributed by atoms with Crippen molar-refractivity contribution in [2.75, 3.05) is 11.9 Å². The fourth-order valence-electron chi connectivity index (χ4n) is 2.88. The molecule has 1 aliphatic carbocycles. The highest BCUT2D eigenvalue weighted by atomic mass is 16.5. The monoisotopic (exact) mass is 329 g/mol. The minimum absolute atomic E-state index is 0.240. The molecule has 2 amide bonds. The molecule has 0 bridgehead atoms. The molecular weight excluding hydrogens is 306 g/mol. The summed E-state index contributed by atoms with van der Waals surface area (Å²) in [5.74, 6) is 1.60. The van der Waals surface area contributed by atoms with Crippen molar-refractivity contribution in [1.82, 2.24) is 20.5 Å². The Labute approximate surface area is 141 Å². The first-order valence-corrected chi connectivity index (χ1v) is 8.38. The Hall–Kier alpha value is -2.57. The lowest BCUT2D eigenvalue weighted by Gasteiger charge is -2.17. The molecule has 1 aromatic carbocycles. The van der Waals surface area contributed by atoms with E-state index in [0.29, 0.717) is 19.1 Å². The van der Waals surface area contributed by atoms with Crippen LogP contribution in [0, 0.1) is 6.92 Å². The van der Waals surface area contributed by atoms with Crippen LogP contribution in [0.15, 0.2) is 24.5 Å². The van der Waals surface area contributed by atoms with E-state index in [1.807, 2.05) is 25.1 Å². The Morgan fingerprint density at radius 1 is 1.38 bits per heavy atom. The molecule has 2 aromatic rings. The predicted octanol–water partition coefficient (Wildman–Crippen LogP) is 2.80. The summed E-state index contributed by atoms with van der Waals surface area (Å²) >= 11 is 0. The molecule has 0 radical (unpaired) electrons. The molecule has 0 aliphatic heterocycles. The molecule has 1 heterocycles. The van der Waals surface area contributed by atoms with Gasteiger partial charge in [-0.15, -0.1) is 0 Å². The lowest BCUT2D eigenvalue weighted by Crippen LogP contribution is -2.31. The lowest BCUT2D eigenvalue weighted by atomic mass is 10.1. The third-order valence-electron chi connectivity index (χ3n) is 4.24. The molecule has 1 fully saturated rings. The highest BCUT2D eigenvalue weighted by molar-refractivity contribution is 5.90. The van der Waals surface area contributed by atoms with Crippen molar-refractivity contribution in [2.24, 2.45) is 0 Å². The second-order valence-corrected chi connectivity index (χ2v) is 6.02. The van der Waals surface area contributed by atoms with Crippen LogP contribution in [-0.4, -0.2) is 33.9 Å². The minimum atomic E-state index is -0.240. The maximum Gasteiger partial charge on any atom is 0.319 e. The number of rotatable bonds is 6. The Morgan fingerprint density at radius 2 is 2.21 bits per heavy atom. The molecular formula is C17H23N5O2. The third kappa shape index (κ3) is 4.24. The van der Waals surface area contributed by atoms with E-state index in [9.17, 15) is 4.79 Å². The number of benzene rings is 1. The molecule has 3 N–H and O–H groups in total. The van der Waals surface area contributed by atoms with Crippen molar-refractivity contribution in [2.45, 2.75) is 45.1 Å². The Kier molecular flexibility index (Phi) is 5.30. The lowest BCUT2D eigenvalue weighted by molar-refractivity contribution is 0.209. The van der Waals surface area contributed by atoms with Crippen LogP contribution in [0.5, 0.6) is 5.75 Å². The van der Waals surface area contributed by atoms with E-state index in [-0.39, 0.29) is 6.03 Å². The molecule has 1 aromatic heterocycles. The average Bonchev–Trinajstić information content (AvgIpc) is 3.25. The van der Waals surface area contributed by atoms with Crippen LogP contribution in [0.3, 0.4) is 0 Å². The number of ether oxygens (including phenoxy) is 1. The first kappa shape index (κ1) is 16.3. The van der Waals surface area contributed by atoms with Crippen molar-refractivity contribution in [3.05, 3.63) is 35.9 Å². The Morgan fingerprint density at radius 3 is 2.96 bits per heavy atom. The van der Waals surface area contributed by atoms with Gasteiger partial charge in [-0.25, -0.2) is 9.78 Å². The van der Waals surface area contributed by atoms with Gasteiger partial charge in [0.2, 0.25) is 0 Å². The van der Waals surface area contributed by atoms with Gasteiger partial charge >= 0.3 is 6.03 Å². The third-order valence-corrected chi connectivity index (χ3v) is 4.24. The van der Waals surface area contributed by atoms with Gasteiger partial charge in [0.05, 0.1) is 6.10 Å². The number of aromatic amines is 1. The summed E-state index contributed by atoms with van der Waals surface area (Å²) in [7, 11) is 0. The summed E-state index contributed by atoms with van der Waals surface area (Å²) in [6.45, 7) is 2.45. The second-order valence-electron chi connectivity index (χ2n) is 6.02. The Balaban J connectivity index is 1.52. The molecule has 7 nitrogen and oxygen atoms in total. The number of hydrogen-bond acceptors (Lipinski definition) is 4. The molecule has 0 unspecified atom stereocenters. The van der Waals surface area contributed by atoms with Gasteiger partial charge in [-0.3, -0.25) is 5.10 Å². The Bertz CT molecular complexity index is 666. The first-order valence-electron chi connectivity index (χ1n) is 8.38. The van der Waals surface area contributed by atoms with Crippen molar-refractivity contribution < 1.29 is 9.53 Å². The standard InChI is InChI=1S/C17H23N5O2/c1-12-14(7-4-8-15(12)24-13-5-2-3-6-13)21-17(23)18-10-9-16-19-11-20-22-16/h4,7-8,11,13H,2-3,5-6,9-10H2,1H3,(H2,18,21,23)(H,19,20,22). The number of aromatic nitrogens is 3. The number of urea groups is 1. The maximum atomic E-state index is 12.0. The normalized spacial score (nSPS) is 14.5. The van der Waals surface area contributed by atoms with Crippen LogP contribution >= 0.6 is 0 Å². The zero-order valence-electron chi connectivity index (χ0n) is 13.8. The van der Waals surface area contributed by atoms with E-state index in [1.165, 1.54) is 19.2 Å². The van der Waals surface area contributed by atoms with E-state index in [0.717, 1.165) is 35.7 Å². The van der Waals surface area contributed by atoms with Gasteiger partial charge in [-0.1, -0.05) is 6.07 Å². The number of carbonyl (C=O) groups excluding carboxylic acids is 1. The van der Waals surface area contributed by atoms with Crippen molar-refractivity contribution in [3.8, 4) is 5.75 Å². The van der Waals surface area contributed by atoms with Crippen LogP contribution in [-0.2, 0) is 6.42 Å². The number of hydrogen-bond donors (Lipinski definition) is 3. The van der Waals surface area contributed by atoms with Crippen LogP contribution < -0.4 is 15.4 Å². The molecule has 7 heteroatoms. The van der Waals surface area contributed by atoms with Gasteiger partial charge in [-0.05, 0) is 44.7 Å². The maximum absolute atomic E-state index is 12.0. The molecule has 0 atom stereocenters. The van der Waals surface area contributed by atoms with E-state index < -0.39 is 0 Å². The number of anilines is 1. The first-order chi connectivity index (χ1) is 11.7. The van der Waals surface area contributed by atoms with Crippen molar-refractivity contribution in [1.29, 1.82) is 0 Å². The van der Waals surface area contributed by atoms with Gasteiger partial charge in [0, 0.05) is 24.2 Å². The number of carbonyl (C=O) groups is 1.